The maximum absolute atomic E-state index is 10.2. The van der Waals surface area contributed by atoms with Crippen LogP contribution in [0.2, 0.25) is 0 Å². The minimum absolute atomic E-state index is 0.284. The molecule has 0 amide bonds. The quantitative estimate of drug-likeness (QED) is 0.0334. The third kappa shape index (κ3) is 20.8. The van der Waals surface area contributed by atoms with Gasteiger partial charge >= 0.3 is 0 Å². The van der Waals surface area contributed by atoms with Crippen LogP contribution in [0.3, 0.4) is 0 Å². The summed E-state index contributed by atoms with van der Waals surface area (Å²) in [7, 11) is 5.05. The lowest BCUT2D eigenvalue weighted by atomic mass is 10.0. The molecule has 0 saturated carbocycles. The van der Waals surface area contributed by atoms with Crippen LogP contribution in [0.15, 0.2) is 146 Å². The summed E-state index contributed by atoms with van der Waals surface area (Å²) in [6.07, 6.45) is 3.89. The Bertz CT molecular complexity index is 2350. The molecule has 7 N–H and O–H groups in total. The van der Waals surface area contributed by atoms with Gasteiger partial charge in [0, 0.05) is 59.2 Å². The zero-order valence-electron chi connectivity index (χ0n) is 45.9. The molecule has 1 unspecified atom stereocenters. The first-order chi connectivity index (χ1) is 38.2. The Hall–Kier alpha value is -6.28. The van der Waals surface area contributed by atoms with E-state index in [0.717, 1.165) is 143 Å². The van der Waals surface area contributed by atoms with Crippen molar-refractivity contribution in [3.05, 3.63) is 179 Å². The van der Waals surface area contributed by atoms with E-state index in [1.807, 2.05) is 91.0 Å². The van der Waals surface area contributed by atoms with Crippen LogP contribution in [0.1, 0.15) is 33.4 Å². The van der Waals surface area contributed by atoms with Crippen molar-refractivity contribution in [2.24, 2.45) is 0 Å². The summed E-state index contributed by atoms with van der Waals surface area (Å²) < 4.78 is 33.6. The van der Waals surface area contributed by atoms with E-state index in [-0.39, 0.29) is 6.61 Å². The van der Waals surface area contributed by atoms with Crippen molar-refractivity contribution >= 4 is 0 Å². The summed E-state index contributed by atoms with van der Waals surface area (Å²) in [4.78, 5) is 6.48. The van der Waals surface area contributed by atoms with E-state index in [2.05, 4.69) is 90.8 Å². The fraction of sp³-hybridized carbons (Fsp3) is 0.419. The Morgan fingerprint density at radius 1 is 0.397 bits per heavy atom. The van der Waals surface area contributed by atoms with Crippen molar-refractivity contribution in [2.75, 3.05) is 114 Å². The number of para-hydroxylation sites is 3. The second-order valence-electron chi connectivity index (χ2n) is 19.8. The number of ether oxygens (including phenoxy) is 6. The van der Waals surface area contributed by atoms with Gasteiger partial charge in [-0.3, -0.25) is 14.7 Å². The zero-order valence-corrected chi connectivity index (χ0v) is 45.9. The SMILES string of the molecule is COc1cccc(CCc2ccccc2OCC(O)CN2CCNC2)c1.COc1cccc(CCc2ccccc2OC[C@@H](O)CN2CCNC2)c1.COc1cccc(CCc2ccccc2OC[C@H](O)CN2CNNC2)c1. The van der Waals surface area contributed by atoms with Gasteiger partial charge < -0.3 is 54.4 Å². The van der Waals surface area contributed by atoms with Gasteiger partial charge in [-0.25, -0.2) is 10.9 Å². The number of nitrogens with zero attached hydrogens (tertiary/aromatic N) is 3. The lowest BCUT2D eigenvalue weighted by Gasteiger charge is -2.20. The molecular formula is C62H83N7O9. The molecule has 0 spiro atoms. The molecule has 3 atom stereocenters. The Labute approximate surface area is 462 Å². The highest BCUT2D eigenvalue weighted by Gasteiger charge is 2.19. The van der Waals surface area contributed by atoms with Crippen molar-refractivity contribution in [2.45, 2.75) is 56.8 Å². The smallest absolute Gasteiger partial charge is 0.122 e. The molecule has 3 fully saturated rings. The van der Waals surface area contributed by atoms with Crippen LogP contribution in [0.25, 0.3) is 0 Å². The Morgan fingerprint density at radius 3 is 1.05 bits per heavy atom. The predicted octanol–water partition coefficient (Wildman–Crippen LogP) is 5.71. The standard InChI is InChI=1S/2C21H28N2O3.C20H27N3O3/c2*1-25-20-7-4-5-17(13-20)9-10-18-6-2-3-8-21(18)26-15-19(24)14-23-12-11-22-16-23;1-25-19-7-4-5-16(11-19)9-10-17-6-2-3-8-20(17)26-13-18(24)12-23-14-21-22-15-23/h2*2-8,13,19,22,24H,9-12,14-16H2,1H3;2-8,11,18,21-22,24H,9-10,12-15H2,1H3/t19-;;18-/m0.1/s1. The van der Waals surface area contributed by atoms with Crippen LogP contribution in [-0.4, -0.2) is 162 Å². The Kier molecular flexibility index (Phi) is 25.3. The maximum Gasteiger partial charge on any atom is 0.122 e. The van der Waals surface area contributed by atoms with E-state index in [4.69, 9.17) is 28.4 Å². The molecule has 6 aromatic carbocycles. The number of benzene rings is 6. The second kappa shape index (κ2) is 33.2. The Balaban J connectivity index is 0.000000170. The summed E-state index contributed by atoms with van der Waals surface area (Å²) in [5, 5.41) is 37.2. The molecule has 0 aliphatic carbocycles. The molecule has 0 radical (unpaired) electrons. The van der Waals surface area contributed by atoms with Gasteiger partial charge in [-0.2, -0.15) is 0 Å². The normalized spacial score (nSPS) is 15.8. The van der Waals surface area contributed by atoms with Crippen molar-refractivity contribution in [3.63, 3.8) is 0 Å². The van der Waals surface area contributed by atoms with E-state index in [1.54, 1.807) is 21.3 Å². The minimum atomic E-state index is -0.525. The first-order valence-electron chi connectivity index (χ1n) is 27.3. The third-order valence-electron chi connectivity index (χ3n) is 13.7. The fourth-order valence-corrected chi connectivity index (χ4v) is 9.42. The topological polar surface area (TPSA) is 174 Å². The molecule has 0 aromatic heterocycles. The second-order valence-corrected chi connectivity index (χ2v) is 19.8. The highest BCUT2D eigenvalue weighted by Crippen LogP contribution is 2.25. The number of rotatable bonds is 27. The minimum Gasteiger partial charge on any atom is -0.497 e. The molecule has 9 rings (SSSR count). The summed E-state index contributed by atoms with van der Waals surface area (Å²) in [6, 6.07) is 48.6. The molecule has 3 aliphatic heterocycles. The number of hydrogen-bond acceptors (Lipinski definition) is 16. The number of aliphatic hydroxyl groups is 3. The highest BCUT2D eigenvalue weighted by molar-refractivity contribution is 5.38. The van der Waals surface area contributed by atoms with Crippen LogP contribution in [-0.2, 0) is 38.5 Å². The van der Waals surface area contributed by atoms with Crippen molar-refractivity contribution in [1.29, 1.82) is 0 Å². The van der Waals surface area contributed by atoms with E-state index in [0.29, 0.717) is 32.8 Å². The number of hydrogen-bond donors (Lipinski definition) is 7. The molecule has 0 bridgehead atoms. The van der Waals surface area contributed by atoms with E-state index < -0.39 is 18.3 Å². The summed E-state index contributed by atoms with van der Waals surface area (Å²) in [5.74, 6) is 5.19. The Morgan fingerprint density at radius 2 is 0.731 bits per heavy atom. The number of aryl methyl sites for hydroxylation is 6. The largest absolute Gasteiger partial charge is 0.497 e. The predicted molar refractivity (Wildman–Crippen MR) is 307 cm³/mol. The molecule has 3 heterocycles. The number of methoxy groups -OCH3 is 3. The molecule has 78 heavy (non-hydrogen) atoms. The molecule has 16 heteroatoms. The number of aliphatic hydroxyl groups excluding tert-OH is 3. The van der Waals surface area contributed by atoms with Gasteiger partial charge in [0.25, 0.3) is 0 Å². The van der Waals surface area contributed by atoms with Gasteiger partial charge in [0.1, 0.15) is 72.6 Å². The number of β-amino-alcohol motifs (C(OH)–C–C–N with tert-alkyl or cyclic N) is 3. The maximum atomic E-state index is 10.2. The van der Waals surface area contributed by atoms with Crippen molar-refractivity contribution in [1.82, 2.24) is 36.2 Å². The number of nitrogens with one attached hydrogen (secondary N) is 4. The van der Waals surface area contributed by atoms with Gasteiger partial charge in [0.15, 0.2) is 0 Å². The average molecular weight is 1070 g/mol. The van der Waals surface area contributed by atoms with Crippen LogP contribution in [0.4, 0.5) is 0 Å². The summed E-state index contributed by atoms with van der Waals surface area (Å²) in [5.41, 5.74) is 13.2. The monoisotopic (exact) mass is 1070 g/mol. The van der Waals surface area contributed by atoms with Crippen molar-refractivity contribution in [3.8, 4) is 34.5 Å². The van der Waals surface area contributed by atoms with Gasteiger partial charge in [0.05, 0.1) is 34.7 Å². The first kappa shape index (κ1) is 59.4. The highest BCUT2D eigenvalue weighted by atomic mass is 16.5. The molecule has 3 saturated heterocycles. The molecule has 420 valence electrons. The van der Waals surface area contributed by atoms with Crippen LogP contribution in [0, 0.1) is 0 Å². The van der Waals surface area contributed by atoms with E-state index >= 15 is 0 Å². The fourth-order valence-electron chi connectivity index (χ4n) is 9.42. The van der Waals surface area contributed by atoms with E-state index in [1.165, 1.54) is 16.7 Å². The summed E-state index contributed by atoms with van der Waals surface area (Å²) in [6.45, 7) is 9.84. The van der Waals surface area contributed by atoms with Gasteiger partial charge in [-0.15, -0.1) is 0 Å². The lowest BCUT2D eigenvalue weighted by molar-refractivity contribution is 0.0744. The molecular weight excluding hydrogens is 987 g/mol. The van der Waals surface area contributed by atoms with E-state index in [9.17, 15) is 15.3 Å². The summed E-state index contributed by atoms with van der Waals surface area (Å²) >= 11 is 0. The van der Waals surface area contributed by atoms with Crippen LogP contribution in [0.5, 0.6) is 34.5 Å². The molecule has 3 aliphatic rings. The van der Waals surface area contributed by atoms with Gasteiger partial charge in [-0.1, -0.05) is 91.0 Å². The van der Waals surface area contributed by atoms with Crippen LogP contribution >= 0.6 is 0 Å². The first-order valence-corrected chi connectivity index (χ1v) is 27.3. The molecule has 6 aromatic rings. The zero-order chi connectivity index (χ0) is 54.6. The average Bonchev–Trinajstić information content (AvgIpc) is 4.32. The number of hydrazine groups is 1. The third-order valence-corrected chi connectivity index (χ3v) is 13.7. The lowest BCUT2D eigenvalue weighted by Crippen LogP contribution is -2.35. The van der Waals surface area contributed by atoms with Gasteiger partial charge in [0.2, 0.25) is 0 Å². The van der Waals surface area contributed by atoms with Crippen LogP contribution < -0.4 is 49.9 Å². The van der Waals surface area contributed by atoms with Gasteiger partial charge in [-0.05, 0) is 127 Å². The molecule has 16 nitrogen and oxygen atoms in total. The van der Waals surface area contributed by atoms with Crippen molar-refractivity contribution < 1.29 is 43.7 Å².